The molecule has 1 aliphatic rings. The molecule has 3 nitrogen and oxygen atoms in total. The van der Waals surface area contributed by atoms with Crippen LogP contribution in [0.2, 0.25) is 0 Å². The molecule has 22 heavy (non-hydrogen) atoms. The number of rotatable bonds is 4. The molecule has 4 heteroatoms. The molecule has 0 aromatic heterocycles. The molecule has 3 unspecified atom stereocenters. The summed E-state index contributed by atoms with van der Waals surface area (Å²) in [6.07, 6.45) is 0.544. The number of nitrogens with zero attached hydrogens (tertiary/aromatic N) is 1. The Morgan fingerprint density at radius 1 is 0.955 bits per heavy atom. The average Bonchev–Trinajstić information content (AvgIpc) is 2.75. The number of hydrogen-bond acceptors (Lipinski definition) is 2. The highest BCUT2D eigenvalue weighted by molar-refractivity contribution is 7.87. The molecule has 0 saturated carbocycles. The van der Waals surface area contributed by atoms with Crippen LogP contribution in [0.15, 0.2) is 60.7 Å². The topological polar surface area (TPSA) is 37.4 Å². The molecule has 0 aliphatic carbocycles. The van der Waals surface area contributed by atoms with E-state index in [1.165, 1.54) is 0 Å². The van der Waals surface area contributed by atoms with Gasteiger partial charge in [0.15, 0.2) is 0 Å². The first kappa shape index (κ1) is 15.0. The maximum Gasteiger partial charge on any atom is 0.240 e. The zero-order valence-corrected chi connectivity index (χ0v) is 13.3. The van der Waals surface area contributed by atoms with E-state index in [-0.39, 0.29) is 11.3 Å². The van der Waals surface area contributed by atoms with Crippen molar-refractivity contribution in [2.24, 2.45) is 0 Å². The molecule has 1 saturated heterocycles. The molecule has 0 spiro atoms. The zero-order chi connectivity index (χ0) is 15.5. The summed E-state index contributed by atoms with van der Waals surface area (Å²) in [6.45, 7) is 2.40. The molecular formula is C18H19NO2S. The maximum atomic E-state index is 12.7. The Kier molecular flexibility index (Phi) is 4.39. The van der Waals surface area contributed by atoms with Gasteiger partial charge in [0, 0.05) is 6.54 Å². The van der Waals surface area contributed by atoms with Gasteiger partial charge in [0.05, 0.1) is 10.8 Å². The lowest BCUT2D eigenvalue weighted by molar-refractivity contribution is -0.130. The van der Waals surface area contributed by atoms with Gasteiger partial charge in [0.2, 0.25) is 5.91 Å². The van der Waals surface area contributed by atoms with Gasteiger partial charge in [0.25, 0.3) is 0 Å². The third-order valence-electron chi connectivity index (χ3n) is 4.07. The fraction of sp³-hybridized carbons (Fsp3) is 0.278. The van der Waals surface area contributed by atoms with E-state index in [0.29, 0.717) is 13.0 Å². The van der Waals surface area contributed by atoms with Gasteiger partial charge in [0.1, 0.15) is 10.6 Å². The molecule has 1 fully saturated rings. The van der Waals surface area contributed by atoms with E-state index in [4.69, 9.17) is 0 Å². The molecule has 114 valence electrons. The van der Waals surface area contributed by atoms with Gasteiger partial charge in [-0.3, -0.25) is 9.00 Å². The first-order chi connectivity index (χ1) is 10.7. The van der Waals surface area contributed by atoms with Crippen LogP contribution in [0.5, 0.6) is 0 Å². The molecule has 3 rings (SSSR count). The van der Waals surface area contributed by atoms with E-state index in [1.54, 1.807) is 4.90 Å². The lowest BCUT2D eigenvalue weighted by atomic mass is 10.1. The molecule has 3 atom stereocenters. The Balaban J connectivity index is 1.77. The number of hydrogen-bond donors (Lipinski definition) is 0. The predicted molar refractivity (Wildman–Crippen MR) is 88.5 cm³/mol. The van der Waals surface area contributed by atoms with Crippen molar-refractivity contribution in [1.29, 1.82) is 0 Å². The Bertz CT molecular complexity index is 672. The van der Waals surface area contributed by atoms with Crippen molar-refractivity contribution in [3.8, 4) is 0 Å². The van der Waals surface area contributed by atoms with E-state index in [0.717, 1.165) is 11.1 Å². The molecule has 2 aromatic carbocycles. The molecule has 1 heterocycles. The van der Waals surface area contributed by atoms with Crippen LogP contribution in [0.4, 0.5) is 0 Å². The fourth-order valence-corrected chi connectivity index (χ4v) is 4.41. The van der Waals surface area contributed by atoms with E-state index in [9.17, 15) is 9.00 Å². The summed E-state index contributed by atoms with van der Waals surface area (Å²) in [5, 5.41) is -0.664. The number of benzene rings is 2. The quantitative estimate of drug-likeness (QED) is 0.870. The van der Waals surface area contributed by atoms with E-state index in [1.807, 2.05) is 67.6 Å². The normalized spacial score (nSPS) is 24.7. The van der Waals surface area contributed by atoms with Crippen LogP contribution in [0.25, 0.3) is 0 Å². The van der Waals surface area contributed by atoms with Crippen LogP contribution >= 0.6 is 0 Å². The first-order valence-electron chi connectivity index (χ1n) is 7.44. The molecule has 1 amide bonds. The maximum absolute atomic E-state index is 12.7. The Labute approximate surface area is 133 Å². The Morgan fingerprint density at radius 2 is 1.50 bits per heavy atom. The number of carbonyl (C=O) groups excluding carboxylic acids is 1. The fourth-order valence-electron chi connectivity index (χ4n) is 2.81. The minimum Gasteiger partial charge on any atom is -0.323 e. The standard InChI is InChI=1S/C18H19NO2S/c1-14-19(13-16-10-6-3-7-11-16)18(20)17(22(14)21)12-15-8-4-2-5-9-15/h2-11,14,17H,12-13H2,1H3. The highest BCUT2D eigenvalue weighted by Gasteiger charge is 2.43. The van der Waals surface area contributed by atoms with E-state index >= 15 is 0 Å². The highest BCUT2D eigenvalue weighted by Crippen LogP contribution is 2.26. The molecule has 0 bridgehead atoms. The predicted octanol–water partition coefficient (Wildman–Crippen LogP) is 2.73. The SMILES string of the molecule is CC1N(Cc2ccccc2)C(=O)C(Cc2ccccc2)S1=O. The van der Waals surface area contributed by atoms with Gasteiger partial charge in [-0.05, 0) is 24.5 Å². The van der Waals surface area contributed by atoms with Crippen LogP contribution in [0.1, 0.15) is 18.1 Å². The van der Waals surface area contributed by atoms with Crippen LogP contribution in [-0.4, -0.2) is 25.6 Å². The van der Waals surface area contributed by atoms with Gasteiger partial charge >= 0.3 is 0 Å². The Hall–Kier alpha value is -1.94. The van der Waals surface area contributed by atoms with Gasteiger partial charge in [-0.15, -0.1) is 0 Å². The van der Waals surface area contributed by atoms with Crippen molar-refractivity contribution in [2.45, 2.75) is 30.5 Å². The van der Waals surface area contributed by atoms with Gasteiger partial charge < -0.3 is 4.90 Å². The number of amides is 1. The summed E-state index contributed by atoms with van der Waals surface area (Å²) in [5.41, 5.74) is 2.13. The van der Waals surface area contributed by atoms with E-state index < -0.39 is 16.0 Å². The second-order valence-electron chi connectivity index (χ2n) is 5.56. The zero-order valence-electron chi connectivity index (χ0n) is 12.5. The van der Waals surface area contributed by atoms with Crippen molar-refractivity contribution < 1.29 is 9.00 Å². The largest absolute Gasteiger partial charge is 0.323 e. The molecule has 2 aromatic rings. The highest BCUT2D eigenvalue weighted by atomic mass is 32.2. The third-order valence-corrected chi connectivity index (χ3v) is 5.93. The summed E-state index contributed by atoms with van der Waals surface area (Å²) >= 11 is 0. The molecular weight excluding hydrogens is 294 g/mol. The molecule has 0 N–H and O–H groups in total. The van der Waals surface area contributed by atoms with Crippen molar-refractivity contribution in [2.75, 3.05) is 0 Å². The summed E-state index contributed by atoms with van der Waals surface area (Å²) in [6, 6.07) is 19.7. The van der Waals surface area contributed by atoms with Crippen LogP contribution < -0.4 is 0 Å². The molecule has 0 radical (unpaired) electrons. The molecule has 1 aliphatic heterocycles. The minimum atomic E-state index is -1.16. The smallest absolute Gasteiger partial charge is 0.240 e. The van der Waals surface area contributed by atoms with Crippen molar-refractivity contribution >= 4 is 16.7 Å². The Morgan fingerprint density at radius 3 is 2.09 bits per heavy atom. The second-order valence-corrected chi connectivity index (χ2v) is 7.47. The van der Waals surface area contributed by atoms with Gasteiger partial charge in [-0.25, -0.2) is 0 Å². The summed E-state index contributed by atoms with van der Waals surface area (Å²) in [5.74, 6) is -0.00135. The van der Waals surface area contributed by atoms with Crippen LogP contribution in [0.3, 0.4) is 0 Å². The lowest BCUT2D eigenvalue weighted by Crippen LogP contribution is -2.33. The number of carbonyl (C=O) groups is 1. The monoisotopic (exact) mass is 313 g/mol. The van der Waals surface area contributed by atoms with E-state index in [2.05, 4.69) is 0 Å². The van der Waals surface area contributed by atoms with Gasteiger partial charge in [-0.1, -0.05) is 60.7 Å². The van der Waals surface area contributed by atoms with Crippen molar-refractivity contribution in [3.63, 3.8) is 0 Å². The lowest BCUT2D eigenvalue weighted by Gasteiger charge is -2.20. The van der Waals surface area contributed by atoms with Gasteiger partial charge in [-0.2, -0.15) is 0 Å². The summed E-state index contributed by atoms with van der Waals surface area (Å²) in [7, 11) is -1.16. The summed E-state index contributed by atoms with van der Waals surface area (Å²) < 4.78 is 12.6. The van der Waals surface area contributed by atoms with Crippen LogP contribution in [0, 0.1) is 0 Å². The average molecular weight is 313 g/mol. The second kappa shape index (κ2) is 6.44. The minimum absolute atomic E-state index is 0.00135. The van der Waals surface area contributed by atoms with Crippen molar-refractivity contribution in [1.82, 2.24) is 4.90 Å². The third kappa shape index (κ3) is 2.97. The van der Waals surface area contributed by atoms with Crippen molar-refractivity contribution in [3.05, 3.63) is 71.8 Å². The first-order valence-corrected chi connectivity index (χ1v) is 8.72. The summed E-state index contributed by atoms with van der Waals surface area (Å²) in [4.78, 5) is 14.4. The van der Waals surface area contributed by atoms with Crippen LogP contribution in [-0.2, 0) is 28.6 Å².